The molecule has 2 rings (SSSR count). The zero-order valence-corrected chi connectivity index (χ0v) is 10.1. The second kappa shape index (κ2) is 7.47. The van der Waals surface area contributed by atoms with E-state index in [-0.39, 0.29) is 0 Å². The Bertz CT molecular complexity index is 403. The Morgan fingerprint density at radius 1 is 1.00 bits per heavy atom. The summed E-state index contributed by atoms with van der Waals surface area (Å²) < 4.78 is 5.06. The predicted octanol–water partition coefficient (Wildman–Crippen LogP) is 3.02. The molecule has 0 unspecified atom stereocenters. The average molecular weight is 228 g/mol. The predicted molar refractivity (Wildman–Crippen MR) is 71.8 cm³/mol. The van der Waals surface area contributed by atoms with Crippen LogP contribution in [-0.4, -0.2) is 7.11 Å². The van der Waals surface area contributed by atoms with Gasteiger partial charge in [0.15, 0.2) is 0 Å². The molecule has 0 aliphatic rings. The zero-order valence-electron chi connectivity index (χ0n) is 10.1. The number of para-hydroxylation sites is 1. The molecule has 2 nitrogen and oxygen atoms in total. The van der Waals surface area contributed by atoms with E-state index in [4.69, 9.17) is 10.5 Å². The van der Waals surface area contributed by atoms with Crippen LogP contribution in [0.3, 0.4) is 0 Å². The Morgan fingerprint density at radius 2 is 1.59 bits per heavy atom. The highest BCUT2D eigenvalue weighted by molar-refractivity contribution is 5.32. The number of rotatable bonds is 2. The lowest BCUT2D eigenvalue weighted by Crippen LogP contribution is -1.98. The van der Waals surface area contributed by atoms with Crippen molar-refractivity contribution < 1.29 is 4.74 Å². The molecule has 2 aromatic rings. The number of hydrogen-bond donors (Lipinski definition) is 1. The van der Waals surface area contributed by atoms with Gasteiger partial charge < -0.3 is 10.5 Å². The lowest BCUT2D eigenvalue weighted by Gasteiger charge is -2.03. The van der Waals surface area contributed by atoms with E-state index in [2.05, 4.69) is 6.92 Å². The third-order valence-corrected chi connectivity index (χ3v) is 2.26. The van der Waals surface area contributed by atoms with Crippen LogP contribution < -0.4 is 10.5 Å². The van der Waals surface area contributed by atoms with Crippen molar-refractivity contribution in [2.24, 2.45) is 5.73 Å². The lowest BCUT2D eigenvalue weighted by atomic mass is 10.2. The van der Waals surface area contributed by atoms with Gasteiger partial charge in [-0.05, 0) is 18.6 Å². The zero-order chi connectivity index (χ0) is 12.5. The molecular formula is C15H18NO. The van der Waals surface area contributed by atoms with Gasteiger partial charge in [0, 0.05) is 12.1 Å². The molecule has 0 spiro atoms. The first kappa shape index (κ1) is 13.3. The van der Waals surface area contributed by atoms with Crippen molar-refractivity contribution in [3.05, 3.63) is 72.6 Å². The summed E-state index contributed by atoms with van der Waals surface area (Å²) >= 11 is 0. The van der Waals surface area contributed by atoms with Crippen molar-refractivity contribution in [2.45, 2.75) is 6.54 Å². The first-order valence-corrected chi connectivity index (χ1v) is 5.47. The van der Waals surface area contributed by atoms with Crippen molar-refractivity contribution in [3.63, 3.8) is 0 Å². The summed E-state index contributed by atoms with van der Waals surface area (Å²) in [5.74, 6) is 0.866. The van der Waals surface area contributed by atoms with Gasteiger partial charge in [-0.1, -0.05) is 48.5 Å². The van der Waals surface area contributed by atoms with Crippen LogP contribution >= 0.6 is 0 Å². The smallest absolute Gasteiger partial charge is 0.123 e. The Kier molecular flexibility index (Phi) is 5.83. The Balaban J connectivity index is 0.000000181. The second-order valence-electron chi connectivity index (χ2n) is 3.50. The highest BCUT2D eigenvalue weighted by Crippen LogP contribution is 2.15. The lowest BCUT2D eigenvalue weighted by molar-refractivity contribution is 0.410. The van der Waals surface area contributed by atoms with Gasteiger partial charge in [0.1, 0.15) is 5.75 Å². The van der Waals surface area contributed by atoms with Gasteiger partial charge in [0.05, 0.1) is 7.11 Å². The number of ether oxygens (including phenoxy) is 1. The van der Waals surface area contributed by atoms with Crippen molar-refractivity contribution in [1.29, 1.82) is 0 Å². The van der Waals surface area contributed by atoms with E-state index in [1.807, 2.05) is 54.6 Å². The van der Waals surface area contributed by atoms with E-state index in [0.29, 0.717) is 6.54 Å². The quantitative estimate of drug-likeness (QED) is 0.857. The minimum absolute atomic E-state index is 0.532. The maximum Gasteiger partial charge on any atom is 0.123 e. The first-order chi connectivity index (χ1) is 8.27. The standard InChI is InChI=1S/C8H11NO.C7H7/c1-10-8-5-3-2-4-7(8)6-9;1-7-5-3-2-4-6-7/h2-5H,6,9H2,1H3;2-6H,1H2. The van der Waals surface area contributed by atoms with Crippen LogP contribution in [0.2, 0.25) is 0 Å². The molecule has 0 saturated heterocycles. The molecule has 0 saturated carbocycles. The Hall–Kier alpha value is -1.80. The van der Waals surface area contributed by atoms with Crippen LogP contribution in [0.15, 0.2) is 54.6 Å². The molecule has 0 fully saturated rings. The maximum absolute atomic E-state index is 5.45. The van der Waals surface area contributed by atoms with E-state index in [1.54, 1.807) is 7.11 Å². The molecule has 0 aromatic heterocycles. The third kappa shape index (κ3) is 4.70. The van der Waals surface area contributed by atoms with E-state index in [1.165, 1.54) is 0 Å². The summed E-state index contributed by atoms with van der Waals surface area (Å²) in [6.45, 7) is 4.25. The topological polar surface area (TPSA) is 35.2 Å². The summed E-state index contributed by atoms with van der Waals surface area (Å²) in [6.07, 6.45) is 0. The molecule has 2 heteroatoms. The van der Waals surface area contributed by atoms with Gasteiger partial charge in [-0.3, -0.25) is 0 Å². The van der Waals surface area contributed by atoms with Gasteiger partial charge in [-0.2, -0.15) is 0 Å². The highest BCUT2D eigenvalue weighted by Gasteiger charge is 1.95. The molecule has 0 aliphatic heterocycles. The summed E-state index contributed by atoms with van der Waals surface area (Å²) in [5, 5.41) is 0. The summed E-state index contributed by atoms with van der Waals surface area (Å²) in [4.78, 5) is 0. The molecule has 0 amide bonds. The SMILES string of the molecule is COc1ccccc1CN.[CH2]c1ccccc1. The normalized spacial score (nSPS) is 9.12. The van der Waals surface area contributed by atoms with Crippen molar-refractivity contribution in [1.82, 2.24) is 0 Å². The molecule has 0 aliphatic carbocycles. The fourth-order valence-electron chi connectivity index (χ4n) is 1.35. The first-order valence-electron chi connectivity index (χ1n) is 5.47. The van der Waals surface area contributed by atoms with Crippen LogP contribution in [0, 0.1) is 6.92 Å². The number of methoxy groups -OCH3 is 1. The minimum atomic E-state index is 0.532. The fraction of sp³-hybridized carbons (Fsp3) is 0.133. The van der Waals surface area contributed by atoms with Gasteiger partial charge in [0.25, 0.3) is 0 Å². The highest BCUT2D eigenvalue weighted by atomic mass is 16.5. The molecule has 2 aromatic carbocycles. The molecule has 0 atom stereocenters. The van der Waals surface area contributed by atoms with Crippen molar-refractivity contribution in [3.8, 4) is 5.75 Å². The van der Waals surface area contributed by atoms with E-state index in [9.17, 15) is 0 Å². The average Bonchev–Trinajstić information content (AvgIpc) is 2.40. The van der Waals surface area contributed by atoms with Crippen LogP contribution in [-0.2, 0) is 6.54 Å². The van der Waals surface area contributed by atoms with Gasteiger partial charge in [0.2, 0.25) is 0 Å². The molecular weight excluding hydrogens is 210 g/mol. The Morgan fingerprint density at radius 3 is 2.00 bits per heavy atom. The van der Waals surface area contributed by atoms with Gasteiger partial charge >= 0.3 is 0 Å². The summed E-state index contributed by atoms with van der Waals surface area (Å²) in [5.41, 5.74) is 7.56. The summed E-state index contributed by atoms with van der Waals surface area (Å²) in [6, 6.07) is 17.6. The number of nitrogens with two attached hydrogens (primary N) is 1. The summed E-state index contributed by atoms with van der Waals surface area (Å²) in [7, 11) is 1.65. The molecule has 1 radical (unpaired) electrons. The van der Waals surface area contributed by atoms with E-state index >= 15 is 0 Å². The van der Waals surface area contributed by atoms with E-state index < -0.39 is 0 Å². The van der Waals surface area contributed by atoms with Crippen molar-refractivity contribution in [2.75, 3.05) is 7.11 Å². The van der Waals surface area contributed by atoms with Crippen LogP contribution in [0.5, 0.6) is 5.75 Å². The van der Waals surface area contributed by atoms with Crippen LogP contribution in [0.25, 0.3) is 0 Å². The maximum atomic E-state index is 5.45. The molecule has 2 N–H and O–H groups in total. The van der Waals surface area contributed by atoms with Gasteiger partial charge in [-0.25, -0.2) is 0 Å². The monoisotopic (exact) mass is 228 g/mol. The molecule has 89 valence electrons. The molecule has 0 heterocycles. The fourth-order valence-corrected chi connectivity index (χ4v) is 1.35. The van der Waals surface area contributed by atoms with Gasteiger partial charge in [-0.15, -0.1) is 0 Å². The minimum Gasteiger partial charge on any atom is -0.496 e. The molecule has 17 heavy (non-hydrogen) atoms. The largest absolute Gasteiger partial charge is 0.496 e. The molecule has 0 bridgehead atoms. The third-order valence-electron chi connectivity index (χ3n) is 2.26. The Labute approximate surface area is 103 Å². The van der Waals surface area contributed by atoms with Crippen LogP contribution in [0.4, 0.5) is 0 Å². The van der Waals surface area contributed by atoms with Crippen LogP contribution in [0.1, 0.15) is 11.1 Å². The number of hydrogen-bond acceptors (Lipinski definition) is 2. The number of benzene rings is 2. The second-order valence-corrected chi connectivity index (χ2v) is 3.50. The van der Waals surface area contributed by atoms with E-state index in [0.717, 1.165) is 16.9 Å². The van der Waals surface area contributed by atoms with Crippen molar-refractivity contribution >= 4 is 0 Å².